The number of carboxylic acid groups (broad SMARTS) is 1. The van der Waals surface area contributed by atoms with Crippen molar-refractivity contribution in [3.05, 3.63) is 105 Å². The highest BCUT2D eigenvalue weighted by Gasteiger charge is 2.39. The van der Waals surface area contributed by atoms with Crippen molar-refractivity contribution in [2.45, 2.75) is 64.1 Å². The molecule has 1 unspecified atom stereocenters. The van der Waals surface area contributed by atoms with Gasteiger partial charge in [0.15, 0.2) is 18.1 Å². The number of benzene rings is 3. The molecule has 51 heavy (non-hydrogen) atoms. The Labute approximate surface area is 292 Å². The first kappa shape index (κ1) is 37.7. The van der Waals surface area contributed by atoms with Gasteiger partial charge in [0.05, 0.1) is 23.3 Å². The lowest BCUT2D eigenvalue weighted by Gasteiger charge is -2.30. The summed E-state index contributed by atoms with van der Waals surface area (Å²) < 4.78 is 5.19. The van der Waals surface area contributed by atoms with E-state index in [1.54, 1.807) is 62.4 Å². The Balaban J connectivity index is 1.48. The number of nitrogens with one attached hydrogen (secondary N) is 2. The number of nitro benzene ring substituents is 1. The molecule has 1 saturated heterocycles. The number of Topliss-reactive ketones (excluding diaryl/α,β-unsaturated/α-hetero) is 1. The number of amides is 3. The van der Waals surface area contributed by atoms with Gasteiger partial charge in [0.25, 0.3) is 0 Å². The molecule has 3 atom stereocenters. The number of ether oxygens (including phenoxy) is 1. The number of carbonyl (C=O) groups is 6. The molecular formula is C36H38N4O11. The van der Waals surface area contributed by atoms with Crippen LogP contribution in [0.5, 0.6) is 5.75 Å². The molecule has 1 fully saturated rings. The van der Waals surface area contributed by atoms with Crippen LogP contribution in [0.3, 0.4) is 0 Å². The number of phenolic OH excluding ortho intramolecular Hbond substituents is 1. The Morgan fingerprint density at radius 2 is 1.63 bits per heavy atom. The lowest BCUT2D eigenvalue weighted by atomic mass is 10.0. The fraction of sp³-hybridized carbons (Fsp3) is 0.333. The topological polar surface area (TPSA) is 223 Å². The first-order valence-electron chi connectivity index (χ1n) is 16.1. The Morgan fingerprint density at radius 3 is 2.27 bits per heavy atom. The first-order chi connectivity index (χ1) is 24.2. The third-order valence-electron chi connectivity index (χ3n) is 8.47. The number of carbonyl (C=O) groups excluding carboxylic acids is 5. The lowest BCUT2D eigenvalue weighted by molar-refractivity contribution is -0.385. The Hall–Kier alpha value is -6.12. The molecule has 3 amide bonds. The van der Waals surface area contributed by atoms with Gasteiger partial charge in [-0.1, -0.05) is 54.6 Å². The molecule has 268 valence electrons. The van der Waals surface area contributed by atoms with Crippen molar-refractivity contribution in [2.75, 3.05) is 13.2 Å². The van der Waals surface area contributed by atoms with Crippen LogP contribution in [0.25, 0.3) is 0 Å². The Kier molecular flexibility index (Phi) is 12.6. The second kappa shape index (κ2) is 17.0. The molecule has 4 N–H and O–H groups in total. The van der Waals surface area contributed by atoms with Crippen LogP contribution in [-0.4, -0.2) is 86.8 Å². The van der Waals surface area contributed by atoms with E-state index in [-0.39, 0.29) is 36.9 Å². The van der Waals surface area contributed by atoms with E-state index in [2.05, 4.69) is 10.6 Å². The van der Waals surface area contributed by atoms with E-state index >= 15 is 0 Å². The molecule has 15 nitrogen and oxygen atoms in total. The Bertz CT molecular complexity index is 1810. The molecule has 1 heterocycles. The van der Waals surface area contributed by atoms with E-state index < -0.39 is 83.0 Å². The molecule has 0 aliphatic carbocycles. The van der Waals surface area contributed by atoms with Crippen molar-refractivity contribution in [1.29, 1.82) is 0 Å². The predicted octanol–water partition coefficient (Wildman–Crippen LogP) is 2.56. The van der Waals surface area contributed by atoms with Gasteiger partial charge < -0.3 is 30.5 Å². The average Bonchev–Trinajstić information content (AvgIpc) is 3.57. The summed E-state index contributed by atoms with van der Waals surface area (Å²) in [5.74, 6) is -5.63. The molecule has 0 bridgehead atoms. The molecule has 1 aliphatic heterocycles. The summed E-state index contributed by atoms with van der Waals surface area (Å²) >= 11 is 0. The zero-order valence-electron chi connectivity index (χ0n) is 28.0. The summed E-state index contributed by atoms with van der Waals surface area (Å²) in [5.41, 5.74) is 1.85. The summed E-state index contributed by atoms with van der Waals surface area (Å²) in [4.78, 5) is 89.9. The largest absolute Gasteiger partial charge is 0.502 e. The monoisotopic (exact) mass is 702 g/mol. The van der Waals surface area contributed by atoms with Crippen molar-refractivity contribution < 1.29 is 48.6 Å². The van der Waals surface area contributed by atoms with Crippen molar-refractivity contribution in [3.63, 3.8) is 0 Å². The number of esters is 1. The van der Waals surface area contributed by atoms with Gasteiger partial charge in [0.1, 0.15) is 18.1 Å². The second-order valence-corrected chi connectivity index (χ2v) is 12.2. The van der Waals surface area contributed by atoms with Gasteiger partial charge in [-0.25, -0.2) is 4.79 Å². The summed E-state index contributed by atoms with van der Waals surface area (Å²) in [5, 5.41) is 35.6. The van der Waals surface area contributed by atoms with E-state index in [4.69, 9.17) is 4.74 Å². The number of carboxylic acids is 1. The van der Waals surface area contributed by atoms with Crippen LogP contribution in [0.4, 0.5) is 5.69 Å². The van der Waals surface area contributed by atoms with E-state index in [1.807, 2.05) is 0 Å². The molecule has 4 rings (SSSR count). The van der Waals surface area contributed by atoms with Crippen molar-refractivity contribution in [2.24, 2.45) is 0 Å². The number of ketones is 1. The average molecular weight is 703 g/mol. The fourth-order valence-electron chi connectivity index (χ4n) is 5.94. The van der Waals surface area contributed by atoms with Gasteiger partial charge in [0, 0.05) is 19.0 Å². The molecule has 1 aliphatic rings. The predicted molar refractivity (Wildman–Crippen MR) is 181 cm³/mol. The maximum absolute atomic E-state index is 14.0. The minimum Gasteiger partial charge on any atom is -0.502 e. The van der Waals surface area contributed by atoms with Crippen LogP contribution in [-0.2, 0) is 41.6 Å². The highest BCUT2D eigenvalue weighted by Crippen LogP contribution is 2.27. The first-order valence-corrected chi connectivity index (χ1v) is 16.1. The van der Waals surface area contributed by atoms with Gasteiger partial charge >= 0.3 is 17.6 Å². The zero-order chi connectivity index (χ0) is 37.2. The van der Waals surface area contributed by atoms with Crippen molar-refractivity contribution in [3.8, 4) is 5.75 Å². The molecular weight excluding hydrogens is 664 g/mol. The molecule has 3 aromatic carbocycles. The van der Waals surface area contributed by atoms with Crippen LogP contribution in [0.1, 0.15) is 51.9 Å². The van der Waals surface area contributed by atoms with Crippen LogP contribution >= 0.6 is 0 Å². The molecule has 0 spiro atoms. The molecule has 0 radical (unpaired) electrons. The smallest absolute Gasteiger partial charge is 0.339 e. The van der Waals surface area contributed by atoms with Gasteiger partial charge in [-0.05, 0) is 55.0 Å². The minimum atomic E-state index is -1.56. The number of aryl methyl sites for hydroxylation is 2. The molecule has 0 aromatic heterocycles. The number of rotatable bonds is 15. The van der Waals surface area contributed by atoms with Crippen LogP contribution in [0, 0.1) is 24.0 Å². The highest BCUT2D eigenvalue weighted by molar-refractivity contribution is 5.98. The van der Waals surface area contributed by atoms with E-state index in [9.17, 15) is 49.1 Å². The van der Waals surface area contributed by atoms with Crippen LogP contribution < -0.4 is 10.6 Å². The number of hydrogen-bond acceptors (Lipinski definition) is 10. The SMILES string of the molecule is Cc1cccc(C)c1C(=O)OCC(=O)[C@H](CC(=O)O)NC(=O)C1CCCN1C(=O)[C@H](Cc1ccccc1)NC(=O)Cc1ccc(O)c([N+](=O)[O-])c1. The van der Waals surface area contributed by atoms with E-state index in [0.717, 1.165) is 12.1 Å². The minimum absolute atomic E-state index is 0.0395. The zero-order valence-corrected chi connectivity index (χ0v) is 28.0. The van der Waals surface area contributed by atoms with Crippen LogP contribution in [0.2, 0.25) is 0 Å². The van der Waals surface area contributed by atoms with Gasteiger partial charge in [-0.15, -0.1) is 0 Å². The highest BCUT2D eigenvalue weighted by atomic mass is 16.6. The molecule has 3 aromatic rings. The quantitative estimate of drug-likeness (QED) is 0.102. The summed E-state index contributed by atoms with van der Waals surface area (Å²) in [6.07, 6.45) is -0.517. The van der Waals surface area contributed by atoms with E-state index in [1.165, 1.54) is 11.0 Å². The van der Waals surface area contributed by atoms with Crippen LogP contribution in [0.15, 0.2) is 66.7 Å². The number of aromatic hydroxyl groups is 1. The van der Waals surface area contributed by atoms with E-state index in [0.29, 0.717) is 23.1 Å². The summed E-state index contributed by atoms with van der Waals surface area (Å²) in [7, 11) is 0. The third kappa shape index (κ3) is 9.97. The number of nitro groups is 1. The second-order valence-electron chi connectivity index (χ2n) is 12.2. The molecule has 0 saturated carbocycles. The number of hydrogen-bond donors (Lipinski definition) is 4. The maximum Gasteiger partial charge on any atom is 0.339 e. The number of likely N-dealkylation sites (tertiary alicyclic amines) is 1. The normalized spacial score (nSPS) is 14.9. The third-order valence-corrected chi connectivity index (χ3v) is 8.47. The molecule has 15 heteroatoms. The Morgan fingerprint density at radius 1 is 0.941 bits per heavy atom. The lowest BCUT2D eigenvalue weighted by Crippen LogP contribution is -2.56. The number of nitrogens with zero attached hydrogens (tertiary/aromatic N) is 2. The van der Waals surface area contributed by atoms with Crippen molar-refractivity contribution >= 4 is 41.1 Å². The standard InChI is InChI=1S/C36H38N4O11/c1-21-8-6-9-22(2)33(21)36(48)51-20-30(42)25(19-32(44)45)38-34(46)27-12-7-15-39(27)35(47)26(16-23-10-4-3-5-11-23)37-31(43)18-24-13-14-29(41)28(17-24)40(49)50/h3-6,8-11,13-14,17,25-27,41H,7,12,15-16,18-20H2,1-2H3,(H,37,43)(H,38,46)(H,44,45)/t25-,26-,27?/m0/s1. The van der Waals surface area contributed by atoms with Gasteiger partial charge in [0.2, 0.25) is 17.7 Å². The van der Waals surface area contributed by atoms with Gasteiger partial charge in [-0.2, -0.15) is 0 Å². The van der Waals surface area contributed by atoms with Gasteiger partial charge in [-0.3, -0.25) is 34.1 Å². The van der Waals surface area contributed by atoms with Crippen molar-refractivity contribution in [1.82, 2.24) is 15.5 Å². The fourth-order valence-corrected chi connectivity index (χ4v) is 5.94. The maximum atomic E-state index is 14.0. The summed E-state index contributed by atoms with van der Waals surface area (Å²) in [6.45, 7) is 2.74. The summed E-state index contributed by atoms with van der Waals surface area (Å²) in [6, 6.07) is 13.6. The number of aliphatic carboxylic acids is 1. The number of phenols is 1.